The smallest absolute Gasteiger partial charge is 0.228 e. The highest BCUT2D eigenvalue weighted by Gasteiger charge is 2.07. The van der Waals surface area contributed by atoms with E-state index in [1.165, 1.54) is 0 Å². The predicted octanol–water partition coefficient (Wildman–Crippen LogP) is 3.68. The van der Waals surface area contributed by atoms with Crippen LogP contribution in [0.3, 0.4) is 0 Å². The average molecular weight is 326 g/mol. The number of benzene rings is 1. The average Bonchev–Trinajstić information content (AvgIpc) is 2.35. The van der Waals surface area contributed by atoms with Gasteiger partial charge in [-0.3, -0.25) is 9.78 Å². The highest BCUT2D eigenvalue weighted by Crippen LogP contribution is 2.25. The maximum absolute atomic E-state index is 11.8. The molecule has 1 aromatic heterocycles. The topological polar surface area (TPSA) is 42.0 Å². The van der Waals surface area contributed by atoms with Crippen molar-refractivity contribution < 1.29 is 4.79 Å². The summed E-state index contributed by atoms with van der Waals surface area (Å²) >= 11 is 9.24. The molecular weight excluding hydrogens is 316 g/mol. The van der Waals surface area contributed by atoms with E-state index in [0.717, 1.165) is 10.0 Å². The highest BCUT2D eigenvalue weighted by atomic mass is 79.9. The van der Waals surface area contributed by atoms with Crippen LogP contribution >= 0.6 is 27.5 Å². The van der Waals surface area contributed by atoms with Gasteiger partial charge >= 0.3 is 0 Å². The van der Waals surface area contributed by atoms with Gasteiger partial charge in [-0.05, 0) is 45.8 Å². The summed E-state index contributed by atoms with van der Waals surface area (Å²) in [5.41, 5.74) is 1.53. The molecule has 0 saturated carbocycles. The van der Waals surface area contributed by atoms with Gasteiger partial charge in [-0.15, -0.1) is 0 Å². The van der Waals surface area contributed by atoms with Gasteiger partial charge in [-0.1, -0.05) is 17.7 Å². The summed E-state index contributed by atoms with van der Waals surface area (Å²) in [4.78, 5) is 15.8. The molecule has 2 rings (SSSR count). The van der Waals surface area contributed by atoms with Gasteiger partial charge in [0.05, 0.1) is 12.1 Å². The molecule has 0 aliphatic rings. The van der Waals surface area contributed by atoms with Crippen molar-refractivity contribution in [3.63, 3.8) is 0 Å². The van der Waals surface area contributed by atoms with Crippen LogP contribution in [0.25, 0.3) is 0 Å². The molecule has 1 heterocycles. The Morgan fingerprint density at radius 3 is 2.94 bits per heavy atom. The normalized spacial score (nSPS) is 10.1. The monoisotopic (exact) mass is 324 g/mol. The van der Waals surface area contributed by atoms with E-state index < -0.39 is 0 Å². The molecule has 0 radical (unpaired) electrons. The number of nitrogens with zero attached hydrogens (tertiary/aromatic N) is 1. The van der Waals surface area contributed by atoms with E-state index in [-0.39, 0.29) is 12.3 Å². The van der Waals surface area contributed by atoms with E-state index in [9.17, 15) is 4.79 Å². The number of pyridine rings is 1. The third-order valence-corrected chi connectivity index (χ3v) is 3.22. The largest absolute Gasteiger partial charge is 0.325 e. The molecule has 0 saturated heterocycles. The molecule has 1 N–H and O–H groups in total. The number of anilines is 1. The molecule has 1 amide bonds. The fourth-order valence-electron chi connectivity index (χ4n) is 1.48. The molecule has 0 unspecified atom stereocenters. The Balaban J connectivity index is 2.05. The van der Waals surface area contributed by atoms with Crippen molar-refractivity contribution in [2.45, 2.75) is 6.42 Å². The molecule has 0 spiro atoms. The van der Waals surface area contributed by atoms with Gasteiger partial charge in [-0.2, -0.15) is 0 Å². The van der Waals surface area contributed by atoms with Crippen LogP contribution in [-0.4, -0.2) is 10.9 Å². The molecule has 92 valence electrons. The first kappa shape index (κ1) is 13.1. The molecule has 0 bridgehead atoms. The summed E-state index contributed by atoms with van der Waals surface area (Å²) in [5, 5.41) is 3.38. The lowest BCUT2D eigenvalue weighted by atomic mass is 10.2. The molecule has 1 aromatic carbocycles. The SMILES string of the molecule is O=C(Cc1cccnc1)Nc1cc(Cl)ccc1Br. The van der Waals surface area contributed by atoms with Crippen LogP contribution in [0, 0.1) is 0 Å². The number of hydrogen-bond donors (Lipinski definition) is 1. The standard InChI is InChI=1S/C13H10BrClN2O/c14-11-4-3-10(15)7-12(11)17-13(18)6-9-2-1-5-16-8-9/h1-5,7-8H,6H2,(H,17,18). The zero-order valence-corrected chi connectivity index (χ0v) is 11.7. The van der Waals surface area contributed by atoms with Crippen molar-refractivity contribution in [2.24, 2.45) is 0 Å². The third kappa shape index (κ3) is 3.55. The lowest BCUT2D eigenvalue weighted by Gasteiger charge is -2.07. The molecule has 0 aliphatic carbocycles. The zero-order valence-electron chi connectivity index (χ0n) is 9.36. The summed E-state index contributed by atoms with van der Waals surface area (Å²) in [6.45, 7) is 0. The number of nitrogens with one attached hydrogen (secondary N) is 1. The van der Waals surface area contributed by atoms with Crippen LogP contribution in [0.5, 0.6) is 0 Å². The van der Waals surface area contributed by atoms with Gasteiger partial charge in [0.25, 0.3) is 0 Å². The summed E-state index contributed by atoms with van der Waals surface area (Å²) in [6.07, 6.45) is 3.63. The van der Waals surface area contributed by atoms with E-state index in [2.05, 4.69) is 26.2 Å². The Morgan fingerprint density at radius 1 is 1.39 bits per heavy atom. The summed E-state index contributed by atoms with van der Waals surface area (Å²) in [5.74, 6) is -0.106. The minimum Gasteiger partial charge on any atom is -0.325 e. The van der Waals surface area contributed by atoms with Gasteiger partial charge in [0.1, 0.15) is 0 Å². The lowest BCUT2D eigenvalue weighted by molar-refractivity contribution is -0.115. The molecule has 0 atom stereocenters. The Hall–Kier alpha value is -1.39. The van der Waals surface area contributed by atoms with Crippen molar-refractivity contribution in [3.8, 4) is 0 Å². The van der Waals surface area contributed by atoms with Gasteiger partial charge in [0, 0.05) is 21.9 Å². The summed E-state index contributed by atoms with van der Waals surface area (Å²) in [6, 6.07) is 8.91. The van der Waals surface area contributed by atoms with Crippen molar-refractivity contribution in [1.82, 2.24) is 4.98 Å². The second kappa shape index (κ2) is 5.98. The number of carbonyl (C=O) groups excluding carboxylic acids is 1. The van der Waals surface area contributed by atoms with Crippen LogP contribution in [0.2, 0.25) is 5.02 Å². The van der Waals surface area contributed by atoms with Gasteiger partial charge < -0.3 is 5.32 Å². The van der Waals surface area contributed by atoms with Gasteiger partial charge in [0.15, 0.2) is 0 Å². The number of rotatable bonds is 3. The second-order valence-electron chi connectivity index (χ2n) is 3.71. The number of halogens is 2. The van der Waals surface area contributed by atoms with E-state index in [4.69, 9.17) is 11.6 Å². The molecule has 3 nitrogen and oxygen atoms in total. The number of amides is 1. The Kier molecular flexibility index (Phi) is 4.33. The summed E-state index contributed by atoms with van der Waals surface area (Å²) in [7, 11) is 0. The number of hydrogen-bond acceptors (Lipinski definition) is 2. The number of aromatic nitrogens is 1. The van der Waals surface area contributed by atoms with E-state index in [0.29, 0.717) is 10.7 Å². The first-order valence-electron chi connectivity index (χ1n) is 5.29. The molecular formula is C13H10BrClN2O. The van der Waals surface area contributed by atoms with E-state index >= 15 is 0 Å². The second-order valence-corrected chi connectivity index (χ2v) is 5.00. The van der Waals surface area contributed by atoms with Crippen LogP contribution in [0.1, 0.15) is 5.56 Å². The van der Waals surface area contributed by atoms with Gasteiger partial charge in [-0.25, -0.2) is 0 Å². The van der Waals surface area contributed by atoms with E-state index in [1.54, 1.807) is 36.7 Å². The maximum atomic E-state index is 11.8. The fourth-order valence-corrected chi connectivity index (χ4v) is 1.99. The molecule has 5 heteroatoms. The van der Waals surface area contributed by atoms with Crippen molar-refractivity contribution in [3.05, 3.63) is 57.8 Å². The first-order chi connectivity index (χ1) is 8.65. The van der Waals surface area contributed by atoms with Gasteiger partial charge in [0.2, 0.25) is 5.91 Å². The van der Waals surface area contributed by atoms with Crippen molar-refractivity contribution in [1.29, 1.82) is 0 Å². The van der Waals surface area contributed by atoms with Crippen LogP contribution in [0.4, 0.5) is 5.69 Å². The maximum Gasteiger partial charge on any atom is 0.228 e. The third-order valence-electron chi connectivity index (χ3n) is 2.29. The molecule has 0 aliphatic heterocycles. The quantitative estimate of drug-likeness (QED) is 0.935. The lowest BCUT2D eigenvalue weighted by Crippen LogP contribution is -2.14. The van der Waals surface area contributed by atoms with E-state index in [1.807, 2.05) is 6.07 Å². The van der Waals surface area contributed by atoms with Crippen LogP contribution in [-0.2, 0) is 11.2 Å². The first-order valence-corrected chi connectivity index (χ1v) is 6.46. The highest BCUT2D eigenvalue weighted by molar-refractivity contribution is 9.10. The minimum absolute atomic E-state index is 0.106. The van der Waals surface area contributed by atoms with Crippen molar-refractivity contribution in [2.75, 3.05) is 5.32 Å². The molecule has 2 aromatic rings. The predicted molar refractivity (Wildman–Crippen MR) is 75.7 cm³/mol. The molecule has 0 fully saturated rings. The Labute approximate surface area is 118 Å². The molecule has 18 heavy (non-hydrogen) atoms. The number of carbonyl (C=O) groups is 1. The van der Waals surface area contributed by atoms with Crippen LogP contribution < -0.4 is 5.32 Å². The summed E-state index contributed by atoms with van der Waals surface area (Å²) < 4.78 is 0.798. The fraction of sp³-hybridized carbons (Fsp3) is 0.0769. The Bertz CT molecular complexity index is 560. The Morgan fingerprint density at radius 2 is 2.22 bits per heavy atom. The van der Waals surface area contributed by atoms with Crippen LogP contribution in [0.15, 0.2) is 47.2 Å². The van der Waals surface area contributed by atoms with Crippen molar-refractivity contribution >= 4 is 39.1 Å². The minimum atomic E-state index is -0.106. The zero-order chi connectivity index (χ0) is 13.0.